The van der Waals surface area contributed by atoms with Crippen LogP contribution in [0.1, 0.15) is 44.9 Å². The predicted molar refractivity (Wildman–Crippen MR) is 180 cm³/mol. The number of rotatable bonds is 23. The fourth-order valence-electron chi connectivity index (χ4n) is 6.01. The van der Waals surface area contributed by atoms with Gasteiger partial charge >= 0.3 is 0 Å². The normalized spacial score (nSPS) is 37.3. The first-order valence-corrected chi connectivity index (χ1v) is 18.3. The molecule has 3 aliphatic heterocycles. The second-order valence-corrected chi connectivity index (χ2v) is 13.5. The first-order chi connectivity index (χ1) is 26.3. The van der Waals surface area contributed by atoms with Crippen LogP contribution in [0.3, 0.4) is 0 Å². The van der Waals surface area contributed by atoms with Crippen molar-refractivity contribution in [2.24, 2.45) is 5.73 Å². The van der Waals surface area contributed by atoms with Gasteiger partial charge in [-0.05, 0) is 32.2 Å². The fraction of sp³-hybridized carbons (Fsp3) is 0.906. The Labute approximate surface area is 316 Å². The van der Waals surface area contributed by atoms with Crippen LogP contribution in [0.4, 0.5) is 0 Å². The molecular weight excluding hydrogens is 744 g/mol. The van der Waals surface area contributed by atoms with Crippen molar-refractivity contribution in [1.82, 2.24) is 16.2 Å². The van der Waals surface area contributed by atoms with Crippen LogP contribution in [-0.2, 0) is 42.8 Å². The Kier molecular flexibility index (Phi) is 20.6. The molecule has 0 aromatic rings. The van der Waals surface area contributed by atoms with Crippen molar-refractivity contribution in [2.75, 3.05) is 39.5 Å². The van der Waals surface area contributed by atoms with E-state index in [1.165, 1.54) is 0 Å². The summed E-state index contributed by atoms with van der Waals surface area (Å²) in [5.41, 5.74) is 10.6. The Balaban J connectivity index is 1.53. The number of aldehydes is 1. The van der Waals surface area contributed by atoms with E-state index in [2.05, 4.69) is 16.2 Å². The first kappa shape index (κ1) is 47.3. The van der Waals surface area contributed by atoms with Crippen molar-refractivity contribution < 1.29 is 93.9 Å². The van der Waals surface area contributed by atoms with E-state index < -0.39 is 118 Å². The highest BCUT2D eigenvalue weighted by atomic mass is 16.7. The van der Waals surface area contributed by atoms with Gasteiger partial charge in [0.2, 0.25) is 11.8 Å². The smallest absolute Gasteiger partial charge is 0.234 e. The Morgan fingerprint density at radius 3 is 1.84 bits per heavy atom. The van der Waals surface area contributed by atoms with Crippen LogP contribution in [0.15, 0.2) is 0 Å². The maximum absolute atomic E-state index is 12.4. The number of ether oxygens (including phenoxy) is 6. The van der Waals surface area contributed by atoms with E-state index >= 15 is 0 Å². The third-order valence-electron chi connectivity index (χ3n) is 9.35. The quantitative estimate of drug-likeness (QED) is 0.0259. The Bertz CT molecular complexity index is 1140. The van der Waals surface area contributed by atoms with Gasteiger partial charge in [-0.3, -0.25) is 15.0 Å². The molecule has 3 rings (SSSR count). The number of aliphatic hydroxyl groups is 10. The van der Waals surface area contributed by atoms with Crippen LogP contribution in [0, 0.1) is 0 Å². The number of carbonyl (C=O) groups excluding carboxylic acids is 3. The third-order valence-corrected chi connectivity index (χ3v) is 9.35. The molecule has 0 radical (unpaired) electrons. The summed E-state index contributed by atoms with van der Waals surface area (Å²) < 4.78 is 33.2. The lowest BCUT2D eigenvalue weighted by Gasteiger charge is -2.46. The molecule has 0 spiro atoms. The lowest BCUT2D eigenvalue weighted by molar-refractivity contribution is -0.366. The van der Waals surface area contributed by atoms with E-state index in [1.807, 2.05) is 0 Å². The van der Waals surface area contributed by atoms with E-state index in [0.29, 0.717) is 32.1 Å². The van der Waals surface area contributed by atoms with Gasteiger partial charge in [-0.2, -0.15) is 0 Å². The summed E-state index contributed by atoms with van der Waals surface area (Å²) in [7, 11) is 0. The number of aliphatic hydroxyl groups excluding tert-OH is 10. The molecule has 3 saturated heterocycles. The summed E-state index contributed by atoms with van der Waals surface area (Å²) in [6.07, 6.45) is -21.6. The summed E-state index contributed by atoms with van der Waals surface area (Å²) in [5.74, 6) is -0.723. The Hall–Kier alpha value is -2.11. The largest absolute Gasteiger partial charge is 0.394 e. The van der Waals surface area contributed by atoms with Gasteiger partial charge in [-0.1, -0.05) is 6.42 Å². The highest BCUT2D eigenvalue weighted by Gasteiger charge is 2.52. The SMILES string of the molecule is NCCCC[C@@H](C=O)NNC(=O)CCCCC(=O)NCCO[C@H]1O[C@H](CO[C@H]2O[C@H](CO)[C@@H](O)[C@H](O)[C@@H]2O)[C@@H](O)[C@H](O[C@H]2O[C@H](CO)[C@@H](O)[C@H](O)[C@@H]2O)[C@@H]1O. The minimum atomic E-state index is -1.91. The van der Waals surface area contributed by atoms with Gasteiger partial charge in [0.25, 0.3) is 0 Å². The standard InChI is InChI=1S/C32H58N4O19/c33-8-4-3-5-15(11-37)35-36-20(41)7-2-1-6-19(40)34-9-10-50-31-28(49)29(55-32-27(48)25(46)22(43)17(13-39)53-32)23(44)18(54-31)14-51-30-26(47)24(45)21(42)16(12-38)52-30/h11,15-18,21-32,35,38-39,42-49H,1-10,12-14,33H2,(H,34,40)(H,36,41)/t15-,16+,17+,18+,21+,22+,23+,24-,25-,26-,27-,28-,29-,30-,31-,32+/m0/s1. The van der Waals surface area contributed by atoms with Crippen LogP contribution < -0.4 is 21.9 Å². The molecule has 0 aromatic heterocycles. The van der Waals surface area contributed by atoms with Gasteiger partial charge in [-0.15, -0.1) is 0 Å². The molecule has 3 heterocycles. The number of hydrazine groups is 1. The fourth-order valence-corrected chi connectivity index (χ4v) is 6.01. The number of amides is 2. The van der Waals surface area contributed by atoms with E-state index in [-0.39, 0.29) is 37.8 Å². The van der Waals surface area contributed by atoms with Gasteiger partial charge in [-0.25, -0.2) is 5.43 Å². The average molecular weight is 803 g/mol. The molecule has 0 unspecified atom stereocenters. The van der Waals surface area contributed by atoms with Crippen molar-refractivity contribution in [1.29, 1.82) is 0 Å². The molecular formula is C32H58N4O19. The molecule has 15 N–H and O–H groups in total. The molecule has 320 valence electrons. The van der Waals surface area contributed by atoms with Gasteiger partial charge in [0.05, 0.1) is 32.5 Å². The van der Waals surface area contributed by atoms with E-state index in [0.717, 1.165) is 12.8 Å². The highest BCUT2D eigenvalue weighted by molar-refractivity contribution is 5.77. The number of carbonyl (C=O) groups is 3. The molecule has 0 bridgehead atoms. The molecule has 0 aliphatic carbocycles. The molecule has 23 heteroatoms. The zero-order valence-corrected chi connectivity index (χ0v) is 30.2. The number of unbranched alkanes of at least 4 members (excludes halogenated alkanes) is 2. The van der Waals surface area contributed by atoms with Crippen molar-refractivity contribution in [2.45, 2.75) is 143 Å². The second-order valence-electron chi connectivity index (χ2n) is 13.5. The summed E-state index contributed by atoms with van der Waals surface area (Å²) in [6.45, 7) is -2.00. The number of hydrogen-bond donors (Lipinski definition) is 14. The van der Waals surface area contributed by atoms with Crippen molar-refractivity contribution in [3.63, 3.8) is 0 Å². The Morgan fingerprint density at radius 1 is 0.673 bits per heavy atom. The van der Waals surface area contributed by atoms with Crippen LogP contribution in [0.25, 0.3) is 0 Å². The van der Waals surface area contributed by atoms with Gasteiger partial charge in [0.1, 0.15) is 79.5 Å². The molecule has 3 aliphatic rings. The van der Waals surface area contributed by atoms with Crippen LogP contribution >= 0.6 is 0 Å². The van der Waals surface area contributed by atoms with E-state index in [9.17, 15) is 65.4 Å². The minimum Gasteiger partial charge on any atom is -0.394 e. The molecule has 55 heavy (non-hydrogen) atoms. The topological polar surface area (TPSA) is 371 Å². The maximum Gasteiger partial charge on any atom is 0.234 e. The van der Waals surface area contributed by atoms with Gasteiger partial charge < -0.3 is 95.3 Å². The molecule has 0 saturated carbocycles. The van der Waals surface area contributed by atoms with Crippen LogP contribution in [0.2, 0.25) is 0 Å². The van der Waals surface area contributed by atoms with Crippen molar-refractivity contribution in [3.8, 4) is 0 Å². The summed E-state index contributed by atoms with van der Waals surface area (Å²) in [6, 6.07) is -0.537. The highest BCUT2D eigenvalue weighted by Crippen LogP contribution is 2.31. The van der Waals surface area contributed by atoms with Gasteiger partial charge in [0.15, 0.2) is 18.9 Å². The average Bonchev–Trinajstić information content (AvgIpc) is 3.17. The monoisotopic (exact) mass is 802 g/mol. The molecule has 16 atom stereocenters. The van der Waals surface area contributed by atoms with Gasteiger partial charge in [0, 0.05) is 19.4 Å². The maximum atomic E-state index is 12.4. The van der Waals surface area contributed by atoms with Crippen molar-refractivity contribution >= 4 is 18.1 Å². The van der Waals surface area contributed by atoms with Crippen molar-refractivity contribution in [3.05, 3.63) is 0 Å². The third kappa shape index (κ3) is 13.8. The second kappa shape index (κ2) is 24.0. The lowest BCUT2D eigenvalue weighted by Crippen LogP contribution is -2.65. The summed E-state index contributed by atoms with van der Waals surface area (Å²) >= 11 is 0. The lowest BCUT2D eigenvalue weighted by atomic mass is 9.96. The van der Waals surface area contributed by atoms with E-state index in [4.69, 9.17) is 34.2 Å². The zero-order valence-electron chi connectivity index (χ0n) is 30.2. The zero-order chi connectivity index (χ0) is 40.7. The van der Waals surface area contributed by atoms with Crippen LogP contribution in [-0.4, -0.2) is 207 Å². The Morgan fingerprint density at radius 2 is 1.24 bits per heavy atom. The molecule has 3 fully saturated rings. The minimum absolute atomic E-state index is 0.0673. The number of nitrogens with two attached hydrogens (primary N) is 1. The summed E-state index contributed by atoms with van der Waals surface area (Å²) in [5, 5.41) is 105. The molecule has 2 amide bonds. The number of nitrogens with one attached hydrogen (secondary N) is 3. The van der Waals surface area contributed by atoms with E-state index in [1.54, 1.807) is 0 Å². The summed E-state index contributed by atoms with van der Waals surface area (Å²) in [4.78, 5) is 35.6. The molecule has 23 nitrogen and oxygen atoms in total. The predicted octanol–water partition coefficient (Wildman–Crippen LogP) is -7.55. The molecule has 0 aromatic carbocycles. The first-order valence-electron chi connectivity index (χ1n) is 18.3. The van der Waals surface area contributed by atoms with Crippen LogP contribution in [0.5, 0.6) is 0 Å². The number of hydrogen-bond acceptors (Lipinski definition) is 21.